The second-order valence-corrected chi connectivity index (χ2v) is 4.99. The quantitative estimate of drug-likeness (QED) is 0.865. The van der Waals surface area contributed by atoms with Crippen LogP contribution < -0.4 is 5.73 Å². The summed E-state index contributed by atoms with van der Waals surface area (Å²) in [6, 6.07) is 4.40. The summed E-state index contributed by atoms with van der Waals surface area (Å²) in [5, 5.41) is 11.8. The first-order chi connectivity index (χ1) is 9.69. The van der Waals surface area contributed by atoms with Crippen LogP contribution in [0.25, 0.3) is 11.4 Å². The highest BCUT2D eigenvalue weighted by Crippen LogP contribution is 2.34. The van der Waals surface area contributed by atoms with Gasteiger partial charge in [-0.15, -0.1) is 5.10 Å². The predicted molar refractivity (Wildman–Crippen MR) is 71.3 cm³/mol. The molecule has 2 atom stereocenters. The Balaban J connectivity index is 2.01. The van der Waals surface area contributed by atoms with Gasteiger partial charge in [-0.2, -0.15) is 0 Å². The smallest absolute Gasteiger partial charge is 0.182 e. The van der Waals surface area contributed by atoms with E-state index in [1.807, 2.05) is 0 Å². The summed E-state index contributed by atoms with van der Waals surface area (Å²) in [6.45, 7) is 0. The van der Waals surface area contributed by atoms with Gasteiger partial charge in [0.05, 0.1) is 12.1 Å². The summed E-state index contributed by atoms with van der Waals surface area (Å²) < 4.78 is 20.7. The highest BCUT2D eigenvalue weighted by Gasteiger charge is 2.31. The minimum absolute atomic E-state index is 0.0782. The number of aromatic nitrogens is 4. The Morgan fingerprint density at radius 2 is 2.20 bits per heavy atom. The molecule has 1 saturated carbocycles. The molecule has 1 aliphatic carbocycles. The van der Waals surface area contributed by atoms with Crippen molar-refractivity contribution in [2.45, 2.75) is 31.4 Å². The molecule has 1 fully saturated rings. The van der Waals surface area contributed by atoms with Crippen LogP contribution in [0.1, 0.15) is 25.3 Å². The van der Waals surface area contributed by atoms with Crippen molar-refractivity contribution in [3.63, 3.8) is 0 Å². The first-order valence-electron chi connectivity index (χ1n) is 6.56. The molecule has 20 heavy (non-hydrogen) atoms. The van der Waals surface area contributed by atoms with E-state index in [4.69, 9.17) is 10.5 Å². The number of nitrogens with zero attached hydrogens (tertiary/aromatic N) is 4. The molecule has 0 radical (unpaired) electrons. The van der Waals surface area contributed by atoms with Crippen LogP contribution in [0, 0.1) is 5.82 Å². The molecule has 0 saturated heterocycles. The molecule has 2 aromatic rings. The van der Waals surface area contributed by atoms with Crippen molar-refractivity contribution in [2.24, 2.45) is 0 Å². The fourth-order valence-corrected chi connectivity index (χ4v) is 2.81. The number of methoxy groups -OCH3 is 1. The van der Waals surface area contributed by atoms with Gasteiger partial charge >= 0.3 is 0 Å². The lowest BCUT2D eigenvalue weighted by Gasteiger charge is -2.19. The van der Waals surface area contributed by atoms with Crippen LogP contribution in [0.3, 0.4) is 0 Å². The normalized spacial score (nSPS) is 22.3. The fraction of sp³-hybridized carbons (Fsp3) is 0.462. The number of rotatable bonds is 3. The topological polar surface area (TPSA) is 78.8 Å². The zero-order chi connectivity index (χ0) is 14.1. The molecule has 106 valence electrons. The number of nitrogens with two attached hydrogens (primary N) is 1. The van der Waals surface area contributed by atoms with Gasteiger partial charge in [-0.05, 0) is 47.9 Å². The van der Waals surface area contributed by atoms with Crippen molar-refractivity contribution >= 4 is 5.69 Å². The largest absolute Gasteiger partial charge is 0.399 e. The van der Waals surface area contributed by atoms with Crippen molar-refractivity contribution in [3.05, 3.63) is 24.0 Å². The van der Waals surface area contributed by atoms with Crippen LogP contribution in [0.15, 0.2) is 18.2 Å². The number of benzene rings is 1. The van der Waals surface area contributed by atoms with Crippen LogP contribution in [-0.2, 0) is 4.74 Å². The van der Waals surface area contributed by atoms with E-state index in [1.165, 1.54) is 12.1 Å². The number of ether oxygens (including phenoxy) is 1. The summed E-state index contributed by atoms with van der Waals surface area (Å²) in [5.74, 6) is 0.120. The molecule has 1 aromatic carbocycles. The lowest BCUT2D eigenvalue weighted by molar-refractivity contribution is 0.0708. The highest BCUT2D eigenvalue weighted by atomic mass is 19.1. The highest BCUT2D eigenvalue weighted by molar-refractivity contribution is 5.61. The Kier molecular flexibility index (Phi) is 3.35. The van der Waals surface area contributed by atoms with Crippen molar-refractivity contribution in [3.8, 4) is 11.4 Å². The third-order valence-electron chi connectivity index (χ3n) is 3.71. The van der Waals surface area contributed by atoms with E-state index in [0.717, 1.165) is 19.3 Å². The Morgan fingerprint density at radius 1 is 1.35 bits per heavy atom. The number of halogens is 1. The molecule has 2 unspecified atom stereocenters. The van der Waals surface area contributed by atoms with Gasteiger partial charge in [0.25, 0.3) is 0 Å². The van der Waals surface area contributed by atoms with E-state index in [-0.39, 0.29) is 12.1 Å². The van der Waals surface area contributed by atoms with Crippen LogP contribution in [0.4, 0.5) is 10.1 Å². The number of anilines is 1. The first-order valence-corrected chi connectivity index (χ1v) is 6.56. The van der Waals surface area contributed by atoms with Gasteiger partial charge in [-0.25, -0.2) is 9.07 Å². The van der Waals surface area contributed by atoms with Crippen LogP contribution in [0.2, 0.25) is 0 Å². The summed E-state index contributed by atoms with van der Waals surface area (Å²) in [5.41, 5.74) is 6.61. The molecule has 7 heteroatoms. The summed E-state index contributed by atoms with van der Waals surface area (Å²) >= 11 is 0. The van der Waals surface area contributed by atoms with Gasteiger partial charge in [0, 0.05) is 18.4 Å². The lowest BCUT2D eigenvalue weighted by atomic mass is 10.1. The van der Waals surface area contributed by atoms with Crippen LogP contribution in [-0.4, -0.2) is 33.4 Å². The predicted octanol–water partition coefficient (Wildman–Crippen LogP) is 1.80. The van der Waals surface area contributed by atoms with Gasteiger partial charge in [-0.1, -0.05) is 0 Å². The van der Waals surface area contributed by atoms with Crippen molar-refractivity contribution in [1.82, 2.24) is 20.2 Å². The minimum Gasteiger partial charge on any atom is -0.399 e. The maximum Gasteiger partial charge on any atom is 0.182 e. The van der Waals surface area contributed by atoms with E-state index in [9.17, 15) is 4.39 Å². The molecule has 3 rings (SSSR count). The van der Waals surface area contributed by atoms with Crippen LogP contribution in [0.5, 0.6) is 0 Å². The third-order valence-corrected chi connectivity index (χ3v) is 3.71. The van der Waals surface area contributed by atoms with Gasteiger partial charge in [-0.3, -0.25) is 0 Å². The zero-order valence-corrected chi connectivity index (χ0v) is 11.2. The Morgan fingerprint density at radius 3 is 2.95 bits per heavy atom. The van der Waals surface area contributed by atoms with E-state index >= 15 is 0 Å². The zero-order valence-electron chi connectivity index (χ0n) is 11.2. The average Bonchev–Trinajstić information content (AvgIpc) is 3.05. The molecule has 1 aliphatic rings. The lowest BCUT2D eigenvalue weighted by Crippen LogP contribution is -2.22. The third kappa shape index (κ3) is 2.24. The second kappa shape index (κ2) is 5.16. The Bertz CT molecular complexity index is 594. The average molecular weight is 277 g/mol. The van der Waals surface area contributed by atoms with Gasteiger partial charge in [0.2, 0.25) is 0 Å². The number of hydrogen-bond acceptors (Lipinski definition) is 5. The molecule has 1 aromatic heterocycles. The first kappa shape index (κ1) is 13.0. The van der Waals surface area contributed by atoms with Crippen molar-refractivity contribution < 1.29 is 9.13 Å². The van der Waals surface area contributed by atoms with Crippen molar-refractivity contribution in [2.75, 3.05) is 12.8 Å². The standard InChI is InChI=1S/C13H16FN5O/c1-20-12-4-2-3-11(12)19-13(16-17-18-19)8-5-9(14)7-10(15)6-8/h5-7,11-12H,2-4,15H2,1H3. The van der Waals surface area contributed by atoms with E-state index in [0.29, 0.717) is 17.1 Å². The second-order valence-electron chi connectivity index (χ2n) is 4.99. The molecule has 0 amide bonds. The number of hydrogen-bond donors (Lipinski definition) is 1. The van der Waals surface area contributed by atoms with Gasteiger partial charge in [0.1, 0.15) is 5.82 Å². The molecular formula is C13H16FN5O. The minimum atomic E-state index is -0.399. The maximum atomic E-state index is 13.5. The maximum absolute atomic E-state index is 13.5. The van der Waals surface area contributed by atoms with Gasteiger partial charge in [0.15, 0.2) is 5.82 Å². The number of nitrogen functional groups attached to an aromatic ring is 1. The summed E-state index contributed by atoms with van der Waals surface area (Å²) in [4.78, 5) is 0. The summed E-state index contributed by atoms with van der Waals surface area (Å²) in [6.07, 6.45) is 3.07. The molecule has 0 aliphatic heterocycles. The monoisotopic (exact) mass is 277 g/mol. The molecule has 0 bridgehead atoms. The Hall–Kier alpha value is -2.02. The fourth-order valence-electron chi connectivity index (χ4n) is 2.81. The van der Waals surface area contributed by atoms with E-state index in [1.54, 1.807) is 17.9 Å². The SMILES string of the molecule is COC1CCCC1n1nnnc1-c1cc(N)cc(F)c1. The molecular weight excluding hydrogens is 261 g/mol. The number of tetrazole rings is 1. The van der Waals surface area contributed by atoms with E-state index < -0.39 is 5.82 Å². The Labute approximate surface area is 115 Å². The van der Waals surface area contributed by atoms with Crippen LogP contribution >= 0.6 is 0 Å². The molecule has 1 heterocycles. The molecule has 0 spiro atoms. The van der Waals surface area contributed by atoms with E-state index in [2.05, 4.69) is 15.5 Å². The van der Waals surface area contributed by atoms with Gasteiger partial charge < -0.3 is 10.5 Å². The van der Waals surface area contributed by atoms with Crippen molar-refractivity contribution in [1.29, 1.82) is 0 Å². The molecule has 2 N–H and O–H groups in total. The molecule has 6 nitrogen and oxygen atoms in total. The summed E-state index contributed by atoms with van der Waals surface area (Å²) in [7, 11) is 1.69.